The normalized spacial score (nSPS) is 18.8. The van der Waals surface area contributed by atoms with Crippen molar-refractivity contribution >= 4 is 16.6 Å². The minimum atomic E-state index is -0.478. The number of aliphatic hydroxyl groups excluding tert-OH is 1. The zero-order chi connectivity index (χ0) is 17.4. The molecule has 1 aromatic heterocycles. The van der Waals surface area contributed by atoms with Crippen LogP contribution in [-0.2, 0) is 13.0 Å². The summed E-state index contributed by atoms with van der Waals surface area (Å²) in [5.74, 6) is 0. The number of rotatable bonds is 3. The first-order valence-electron chi connectivity index (χ1n) is 8.91. The number of pyridine rings is 1. The molecule has 3 aromatic rings. The summed E-state index contributed by atoms with van der Waals surface area (Å²) in [7, 11) is 0. The smallest absolute Gasteiger partial charge is 0.0833 e. The summed E-state index contributed by atoms with van der Waals surface area (Å²) in [6, 6.07) is 18.5. The first-order chi connectivity index (χ1) is 12.0. The zero-order valence-electron chi connectivity index (χ0n) is 14.8. The summed E-state index contributed by atoms with van der Waals surface area (Å²) in [4.78, 5) is 4.88. The van der Waals surface area contributed by atoms with Gasteiger partial charge >= 0.3 is 0 Å². The molecule has 1 heterocycles. The highest BCUT2D eigenvalue weighted by atomic mass is 16.3. The van der Waals surface area contributed by atoms with Crippen molar-refractivity contribution in [2.24, 2.45) is 5.41 Å². The monoisotopic (exact) mass is 332 g/mol. The average molecular weight is 332 g/mol. The van der Waals surface area contributed by atoms with Gasteiger partial charge in [-0.2, -0.15) is 0 Å². The van der Waals surface area contributed by atoms with Crippen LogP contribution in [0.3, 0.4) is 0 Å². The Kier molecular flexibility index (Phi) is 3.97. The van der Waals surface area contributed by atoms with E-state index in [1.807, 2.05) is 18.2 Å². The molecule has 0 radical (unpaired) electrons. The summed E-state index contributed by atoms with van der Waals surface area (Å²) < 4.78 is 0. The second kappa shape index (κ2) is 6.16. The number of nitrogens with zero attached hydrogens (tertiary/aromatic N) is 1. The van der Waals surface area contributed by atoms with Crippen molar-refractivity contribution in [3.8, 4) is 0 Å². The molecule has 0 saturated carbocycles. The molecule has 0 aliphatic heterocycles. The highest BCUT2D eigenvalue weighted by Crippen LogP contribution is 2.45. The van der Waals surface area contributed by atoms with Gasteiger partial charge in [-0.25, -0.2) is 0 Å². The summed E-state index contributed by atoms with van der Waals surface area (Å²) >= 11 is 0. The number of aliphatic hydroxyl groups is 1. The number of aromatic nitrogens is 1. The first-order valence-corrected chi connectivity index (χ1v) is 8.91. The molecular weight excluding hydrogens is 308 g/mol. The Morgan fingerprint density at radius 3 is 2.60 bits per heavy atom. The van der Waals surface area contributed by atoms with Gasteiger partial charge in [-0.3, -0.25) is 4.98 Å². The molecule has 0 amide bonds. The molecule has 0 saturated heterocycles. The third kappa shape index (κ3) is 3.12. The maximum absolute atomic E-state index is 10.9. The van der Waals surface area contributed by atoms with E-state index in [0.717, 1.165) is 47.2 Å². The minimum Gasteiger partial charge on any atom is -0.388 e. The second-order valence-corrected chi connectivity index (χ2v) is 7.76. The molecule has 4 rings (SSSR count). The number of fused-ring (bicyclic) bond motifs is 2. The number of para-hydroxylation sites is 1. The lowest BCUT2D eigenvalue weighted by atomic mass is 9.74. The summed E-state index contributed by atoms with van der Waals surface area (Å²) in [6.07, 6.45) is 1.18. The van der Waals surface area contributed by atoms with Crippen LogP contribution in [0.2, 0.25) is 0 Å². The fourth-order valence-corrected chi connectivity index (χ4v) is 3.90. The summed E-state index contributed by atoms with van der Waals surface area (Å²) in [5.41, 5.74) is 5.32. The van der Waals surface area contributed by atoms with Crippen LogP contribution in [0.1, 0.15) is 43.2 Å². The largest absolute Gasteiger partial charge is 0.388 e. The highest BCUT2D eigenvalue weighted by molar-refractivity contribution is 5.93. The highest BCUT2D eigenvalue weighted by Gasteiger charge is 2.34. The average Bonchev–Trinajstić information content (AvgIpc) is 2.58. The van der Waals surface area contributed by atoms with E-state index in [-0.39, 0.29) is 5.41 Å². The van der Waals surface area contributed by atoms with Gasteiger partial charge in [-0.1, -0.05) is 62.4 Å². The Balaban J connectivity index is 1.82. The van der Waals surface area contributed by atoms with E-state index in [4.69, 9.17) is 4.98 Å². The first kappa shape index (κ1) is 16.1. The second-order valence-electron chi connectivity index (χ2n) is 7.76. The topological polar surface area (TPSA) is 45.2 Å². The Bertz CT molecular complexity index is 903. The third-order valence-corrected chi connectivity index (χ3v) is 5.05. The summed E-state index contributed by atoms with van der Waals surface area (Å²) in [6.45, 7) is 5.14. The zero-order valence-corrected chi connectivity index (χ0v) is 14.8. The molecule has 128 valence electrons. The number of hydrogen-bond donors (Lipinski definition) is 2. The van der Waals surface area contributed by atoms with Gasteiger partial charge in [-0.05, 0) is 29.9 Å². The van der Waals surface area contributed by atoms with E-state index in [1.54, 1.807) is 0 Å². The molecule has 1 aliphatic rings. The molecule has 0 bridgehead atoms. The van der Waals surface area contributed by atoms with Gasteiger partial charge in [0, 0.05) is 23.2 Å². The molecule has 2 N–H and O–H groups in total. The van der Waals surface area contributed by atoms with Crippen LogP contribution in [0.5, 0.6) is 0 Å². The maximum atomic E-state index is 10.9. The molecule has 2 aromatic carbocycles. The standard InChI is InChI=1S/C22H24N2O/c1-22(2)12-18-20(19(25)13-22)21(16-10-6-7-11-17(16)24-18)23-14-15-8-4-3-5-9-15/h3-11,19,25H,12-14H2,1-2H3,(H,23,24)/t19-/m1/s1. The third-order valence-electron chi connectivity index (χ3n) is 5.05. The van der Waals surface area contributed by atoms with E-state index in [0.29, 0.717) is 0 Å². The van der Waals surface area contributed by atoms with E-state index in [9.17, 15) is 5.11 Å². The molecule has 3 heteroatoms. The van der Waals surface area contributed by atoms with Crippen LogP contribution in [0.25, 0.3) is 10.9 Å². The molecule has 0 spiro atoms. The maximum Gasteiger partial charge on any atom is 0.0833 e. The predicted octanol–water partition coefficient (Wildman–Crippen LogP) is 4.85. The quantitative estimate of drug-likeness (QED) is 0.720. The van der Waals surface area contributed by atoms with Crippen LogP contribution >= 0.6 is 0 Å². The van der Waals surface area contributed by atoms with Gasteiger partial charge in [0.15, 0.2) is 0 Å². The molecule has 1 atom stereocenters. The molecule has 1 aliphatic carbocycles. The number of benzene rings is 2. The molecule has 25 heavy (non-hydrogen) atoms. The fraction of sp³-hybridized carbons (Fsp3) is 0.318. The minimum absolute atomic E-state index is 0.0680. The van der Waals surface area contributed by atoms with E-state index in [2.05, 4.69) is 55.6 Å². The van der Waals surface area contributed by atoms with Crippen LogP contribution in [0.4, 0.5) is 5.69 Å². The summed E-state index contributed by atoms with van der Waals surface area (Å²) in [5, 5.41) is 15.5. The van der Waals surface area contributed by atoms with Crippen LogP contribution in [0, 0.1) is 5.41 Å². The van der Waals surface area contributed by atoms with E-state index < -0.39 is 6.10 Å². The van der Waals surface area contributed by atoms with Gasteiger partial charge in [0.2, 0.25) is 0 Å². The fourth-order valence-electron chi connectivity index (χ4n) is 3.90. The molecule has 0 fully saturated rings. The van der Waals surface area contributed by atoms with Crippen molar-refractivity contribution in [3.63, 3.8) is 0 Å². The molecular formula is C22H24N2O. The van der Waals surface area contributed by atoms with Gasteiger partial charge in [0.1, 0.15) is 0 Å². The van der Waals surface area contributed by atoms with Crippen molar-refractivity contribution < 1.29 is 5.11 Å². The Morgan fingerprint density at radius 1 is 1.08 bits per heavy atom. The lowest BCUT2D eigenvalue weighted by molar-refractivity contribution is 0.0991. The van der Waals surface area contributed by atoms with E-state index in [1.165, 1.54) is 5.56 Å². The van der Waals surface area contributed by atoms with Crippen LogP contribution in [-0.4, -0.2) is 10.1 Å². The Hall–Kier alpha value is -2.39. The lowest BCUT2D eigenvalue weighted by Gasteiger charge is -2.35. The van der Waals surface area contributed by atoms with Crippen molar-refractivity contribution in [3.05, 3.63) is 71.4 Å². The van der Waals surface area contributed by atoms with Gasteiger partial charge in [0.25, 0.3) is 0 Å². The van der Waals surface area contributed by atoms with E-state index >= 15 is 0 Å². The van der Waals surface area contributed by atoms with Gasteiger partial charge < -0.3 is 10.4 Å². The molecule has 0 unspecified atom stereocenters. The molecule has 3 nitrogen and oxygen atoms in total. The van der Waals surface area contributed by atoms with Crippen LogP contribution < -0.4 is 5.32 Å². The van der Waals surface area contributed by atoms with Crippen LogP contribution in [0.15, 0.2) is 54.6 Å². The predicted molar refractivity (Wildman–Crippen MR) is 103 cm³/mol. The van der Waals surface area contributed by atoms with Crippen molar-refractivity contribution in [1.82, 2.24) is 4.98 Å². The van der Waals surface area contributed by atoms with Crippen molar-refractivity contribution in [2.45, 2.75) is 39.3 Å². The van der Waals surface area contributed by atoms with Crippen molar-refractivity contribution in [1.29, 1.82) is 0 Å². The van der Waals surface area contributed by atoms with Gasteiger partial charge in [-0.15, -0.1) is 0 Å². The number of nitrogens with one attached hydrogen (secondary N) is 1. The Morgan fingerprint density at radius 2 is 1.80 bits per heavy atom. The number of hydrogen-bond acceptors (Lipinski definition) is 3. The number of anilines is 1. The SMILES string of the molecule is CC1(C)Cc2nc3ccccc3c(NCc3ccccc3)c2[C@H](O)C1. The van der Waals surface area contributed by atoms with Crippen molar-refractivity contribution in [2.75, 3.05) is 5.32 Å². The Labute approximate surface area is 148 Å². The lowest BCUT2D eigenvalue weighted by Crippen LogP contribution is -2.27. The van der Waals surface area contributed by atoms with Gasteiger partial charge in [0.05, 0.1) is 17.3 Å².